The molecule has 1 heterocycles. The van der Waals surface area contributed by atoms with E-state index in [1.165, 1.54) is 5.56 Å². The van der Waals surface area contributed by atoms with Crippen molar-refractivity contribution in [3.05, 3.63) is 65.4 Å². The molecule has 3 aromatic rings. The highest BCUT2D eigenvalue weighted by Gasteiger charge is 2.10. The Morgan fingerprint density at radius 3 is 2.79 bits per heavy atom. The summed E-state index contributed by atoms with van der Waals surface area (Å²) >= 11 is 0. The Labute approximate surface area is 142 Å². The Balaban J connectivity index is 1.64. The number of rotatable bonds is 5. The number of fused-ring (bicyclic) bond motifs is 1. The zero-order chi connectivity index (χ0) is 17.1. The standard InChI is InChI=1S/C20H22N2O2/c1-14-7-8-18-16(12-21-19(18)9-14)11-20(23)24-13-15-5-4-6-17(10-15)22(2)3/h4-10,12,21H,11,13H2,1-3H3. The van der Waals surface area contributed by atoms with Gasteiger partial charge < -0.3 is 14.6 Å². The molecule has 2 aromatic carbocycles. The number of H-pyrrole nitrogens is 1. The number of nitrogens with zero attached hydrogens (tertiary/aromatic N) is 1. The lowest BCUT2D eigenvalue weighted by Gasteiger charge is -2.13. The second-order valence-electron chi connectivity index (χ2n) is 6.26. The molecule has 0 aliphatic carbocycles. The maximum atomic E-state index is 12.2. The van der Waals surface area contributed by atoms with Crippen molar-refractivity contribution >= 4 is 22.6 Å². The first kappa shape index (κ1) is 16.1. The van der Waals surface area contributed by atoms with E-state index in [9.17, 15) is 4.79 Å². The summed E-state index contributed by atoms with van der Waals surface area (Å²) < 4.78 is 5.44. The van der Waals surface area contributed by atoms with E-state index in [1.54, 1.807) is 0 Å². The molecule has 24 heavy (non-hydrogen) atoms. The number of ether oxygens (including phenoxy) is 1. The van der Waals surface area contributed by atoms with Gasteiger partial charge in [-0.3, -0.25) is 4.79 Å². The molecule has 0 aliphatic rings. The van der Waals surface area contributed by atoms with Crippen molar-refractivity contribution in [3.63, 3.8) is 0 Å². The number of esters is 1. The molecular weight excluding hydrogens is 300 g/mol. The Bertz CT molecular complexity index is 865. The predicted octanol–water partition coefficient (Wildman–Crippen LogP) is 3.83. The Morgan fingerprint density at radius 2 is 2.00 bits per heavy atom. The summed E-state index contributed by atoms with van der Waals surface area (Å²) in [5.74, 6) is -0.216. The van der Waals surface area contributed by atoms with Crippen LogP contribution in [0.3, 0.4) is 0 Å². The first-order valence-electron chi connectivity index (χ1n) is 8.01. The zero-order valence-electron chi connectivity index (χ0n) is 14.3. The van der Waals surface area contributed by atoms with Crippen molar-refractivity contribution in [3.8, 4) is 0 Å². The van der Waals surface area contributed by atoms with E-state index >= 15 is 0 Å². The number of nitrogens with one attached hydrogen (secondary N) is 1. The SMILES string of the molecule is Cc1ccc2c(CC(=O)OCc3cccc(N(C)C)c3)c[nH]c2c1. The third-order valence-electron chi connectivity index (χ3n) is 4.08. The fourth-order valence-corrected chi connectivity index (χ4v) is 2.74. The molecule has 0 saturated carbocycles. The number of benzene rings is 2. The van der Waals surface area contributed by atoms with Crippen molar-refractivity contribution < 1.29 is 9.53 Å². The van der Waals surface area contributed by atoms with Gasteiger partial charge in [-0.2, -0.15) is 0 Å². The van der Waals surface area contributed by atoms with Crippen LogP contribution in [0.1, 0.15) is 16.7 Å². The Morgan fingerprint density at radius 1 is 1.17 bits per heavy atom. The second-order valence-corrected chi connectivity index (χ2v) is 6.26. The van der Waals surface area contributed by atoms with E-state index in [1.807, 2.05) is 55.5 Å². The molecule has 1 N–H and O–H groups in total. The van der Waals surface area contributed by atoms with Gasteiger partial charge in [-0.1, -0.05) is 24.3 Å². The Hall–Kier alpha value is -2.75. The van der Waals surface area contributed by atoms with Gasteiger partial charge in [-0.05, 0) is 41.8 Å². The van der Waals surface area contributed by atoms with Crippen LogP contribution in [0, 0.1) is 6.92 Å². The van der Waals surface area contributed by atoms with Gasteiger partial charge >= 0.3 is 5.97 Å². The largest absolute Gasteiger partial charge is 0.461 e. The molecule has 4 nitrogen and oxygen atoms in total. The van der Waals surface area contributed by atoms with E-state index in [0.29, 0.717) is 6.61 Å². The smallest absolute Gasteiger partial charge is 0.310 e. The van der Waals surface area contributed by atoms with Gasteiger partial charge in [0.1, 0.15) is 6.61 Å². The second kappa shape index (κ2) is 6.79. The fraction of sp³-hybridized carbons (Fsp3) is 0.250. The van der Waals surface area contributed by atoms with Crippen LogP contribution in [0.2, 0.25) is 0 Å². The number of hydrogen-bond acceptors (Lipinski definition) is 3. The predicted molar refractivity (Wildman–Crippen MR) is 97.3 cm³/mol. The number of anilines is 1. The third kappa shape index (κ3) is 3.59. The molecule has 0 spiro atoms. The molecule has 0 bridgehead atoms. The number of aromatic nitrogens is 1. The zero-order valence-corrected chi connectivity index (χ0v) is 14.3. The van der Waals surface area contributed by atoms with Crippen molar-refractivity contribution in [1.29, 1.82) is 0 Å². The van der Waals surface area contributed by atoms with E-state index in [-0.39, 0.29) is 12.4 Å². The lowest BCUT2D eigenvalue weighted by Crippen LogP contribution is -2.10. The van der Waals surface area contributed by atoms with Crippen LogP contribution in [-0.2, 0) is 22.6 Å². The molecule has 1 aromatic heterocycles. The van der Waals surface area contributed by atoms with Gasteiger partial charge in [0.25, 0.3) is 0 Å². The number of aryl methyl sites for hydroxylation is 1. The molecule has 4 heteroatoms. The van der Waals surface area contributed by atoms with Gasteiger partial charge in [-0.15, -0.1) is 0 Å². The van der Waals surface area contributed by atoms with Crippen molar-refractivity contribution in [2.45, 2.75) is 20.0 Å². The Kier molecular flexibility index (Phi) is 4.56. The van der Waals surface area contributed by atoms with Crippen molar-refractivity contribution in [1.82, 2.24) is 4.98 Å². The molecular formula is C20H22N2O2. The number of carbonyl (C=O) groups is 1. The van der Waals surface area contributed by atoms with Crippen molar-refractivity contribution in [2.24, 2.45) is 0 Å². The van der Waals surface area contributed by atoms with E-state index in [4.69, 9.17) is 4.74 Å². The van der Waals surface area contributed by atoms with E-state index in [2.05, 4.69) is 24.0 Å². The average Bonchev–Trinajstić information content (AvgIpc) is 2.95. The first-order valence-corrected chi connectivity index (χ1v) is 8.01. The molecule has 0 unspecified atom stereocenters. The van der Waals surface area contributed by atoms with Gasteiger partial charge in [0.15, 0.2) is 0 Å². The summed E-state index contributed by atoms with van der Waals surface area (Å²) in [5, 5.41) is 1.08. The van der Waals surface area contributed by atoms with Gasteiger partial charge in [0, 0.05) is 36.9 Å². The summed E-state index contributed by atoms with van der Waals surface area (Å²) in [6.07, 6.45) is 2.16. The van der Waals surface area contributed by atoms with Gasteiger partial charge in [0.05, 0.1) is 6.42 Å². The van der Waals surface area contributed by atoms with E-state index in [0.717, 1.165) is 27.7 Å². The van der Waals surface area contributed by atoms with Crippen LogP contribution < -0.4 is 4.90 Å². The molecule has 0 saturated heterocycles. The summed E-state index contributed by atoms with van der Waals surface area (Å²) in [6.45, 7) is 2.35. The first-order chi connectivity index (χ1) is 11.5. The van der Waals surface area contributed by atoms with Crippen molar-refractivity contribution in [2.75, 3.05) is 19.0 Å². The highest BCUT2D eigenvalue weighted by atomic mass is 16.5. The summed E-state index contributed by atoms with van der Waals surface area (Å²) in [4.78, 5) is 17.4. The lowest BCUT2D eigenvalue weighted by molar-refractivity contribution is -0.144. The molecule has 0 amide bonds. The van der Waals surface area contributed by atoms with Crippen LogP contribution in [0.25, 0.3) is 10.9 Å². The summed E-state index contributed by atoms with van der Waals surface area (Å²) in [7, 11) is 3.98. The molecule has 0 aliphatic heterocycles. The molecule has 0 radical (unpaired) electrons. The van der Waals surface area contributed by atoms with Crippen LogP contribution >= 0.6 is 0 Å². The highest BCUT2D eigenvalue weighted by Crippen LogP contribution is 2.20. The van der Waals surface area contributed by atoms with Crippen LogP contribution in [0.15, 0.2) is 48.7 Å². The maximum absolute atomic E-state index is 12.2. The lowest BCUT2D eigenvalue weighted by atomic mass is 10.1. The van der Waals surface area contributed by atoms with Crippen LogP contribution in [-0.4, -0.2) is 25.0 Å². The van der Waals surface area contributed by atoms with Crippen LogP contribution in [0.5, 0.6) is 0 Å². The third-order valence-corrected chi connectivity index (χ3v) is 4.08. The van der Waals surface area contributed by atoms with Gasteiger partial charge in [0.2, 0.25) is 0 Å². The molecule has 0 atom stereocenters. The highest BCUT2D eigenvalue weighted by molar-refractivity contribution is 5.87. The monoisotopic (exact) mass is 322 g/mol. The molecule has 3 rings (SSSR count). The minimum atomic E-state index is -0.216. The fourth-order valence-electron chi connectivity index (χ4n) is 2.74. The summed E-state index contributed by atoms with van der Waals surface area (Å²) in [6, 6.07) is 14.2. The molecule has 0 fully saturated rings. The topological polar surface area (TPSA) is 45.3 Å². The number of aromatic amines is 1. The van der Waals surface area contributed by atoms with Gasteiger partial charge in [-0.25, -0.2) is 0 Å². The number of carbonyl (C=O) groups excluding carboxylic acids is 1. The minimum Gasteiger partial charge on any atom is -0.461 e. The molecule has 124 valence electrons. The maximum Gasteiger partial charge on any atom is 0.310 e. The summed E-state index contributed by atoms with van der Waals surface area (Å²) in [5.41, 5.74) is 5.30. The average molecular weight is 322 g/mol. The van der Waals surface area contributed by atoms with E-state index < -0.39 is 0 Å². The van der Waals surface area contributed by atoms with Crippen LogP contribution in [0.4, 0.5) is 5.69 Å². The quantitative estimate of drug-likeness (QED) is 0.726. The normalized spacial score (nSPS) is 10.8. The number of hydrogen-bond donors (Lipinski definition) is 1. The minimum absolute atomic E-state index is 0.216.